The highest BCUT2D eigenvalue weighted by molar-refractivity contribution is 6.35. The lowest BCUT2D eigenvalue weighted by Crippen LogP contribution is -2.29. The van der Waals surface area contributed by atoms with Crippen LogP contribution < -0.4 is 10.1 Å². The van der Waals surface area contributed by atoms with E-state index in [9.17, 15) is 0 Å². The van der Waals surface area contributed by atoms with Gasteiger partial charge in [-0.15, -0.1) is 0 Å². The molecule has 0 spiro atoms. The number of anilines is 1. The molecule has 4 aromatic rings. The molecule has 196 valence electrons. The van der Waals surface area contributed by atoms with Crippen molar-refractivity contribution >= 4 is 52.4 Å². The second kappa shape index (κ2) is 11.1. The molecule has 0 fully saturated rings. The number of nitrogens with one attached hydrogen (secondary N) is 1. The predicted octanol–water partition coefficient (Wildman–Crippen LogP) is 10.1. The Bertz CT molecular complexity index is 1580. The number of allylic oxidation sites excluding steroid dienone is 2. The highest BCUT2D eigenvalue weighted by Crippen LogP contribution is 2.50. The van der Waals surface area contributed by atoms with Crippen LogP contribution in [0.5, 0.6) is 5.75 Å². The molecule has 0 radical (unpaired) electrons. The Kier molecular flexibility index (Phi) is 7.40. The minimum Gasteiger partial charge on any atom is -0.487 e. The van der Waals surface area contributed by atoms with Crippen molar-refractivity contribution < 1.29 is 4.74 Å². The molecule has 3 atom stereocenters. The molecule has 0 saturated carbocycles. The summed E-state index contributed by atoms with van der Waals surface area (Å²) in [6.07, 6.45) is 7.61. The van der Waals surface area contributed by atoms with E-state index in [1.54, 1.807) is 12.1 Å². The minimum atomic E-state index is 0.271. The number of halogens is 3. The van der Waals surface area contributed by atoms with Crippen LogP contribution in [0.2, 0.25) is 15.1 Å². The maximum Gasteiger partial charge on any atom is 0.138 e. The SMILES string of the molecule is Cc1ccc2c(c1)[C@@H]1C=CC[C@@H]1[C@@H](c1ccc(N=Cc3ccc(OCc4ccc(Cl)cc4Cl)c(Cl)c3)cc1)N2. The van der Waals surface area contributed by atoms with Crippen LogP contribution >= 0.6 is 34.8 Å². The maximum absolute atomic E-state index is 6.49. The lowest BCUT2D eigenvalue weighted by molar-refractivity contribution is 0.306. The van der Waals surface area contributed by atoms with Gasteiger partial charge in [0.05, 0.1) is 16.8 Å². The molecule has 6 rings (SSSR count). The van der Waals surface area contributed by atoms with Crippen LogP contribution in [0.25, 0.3) is 0 Å². The van der Waals surface area contributed by atoms with Gasteiger partial charge < -0.3 is 10.1 Å². The van der Waals surface area contributed by atoms with E-state index >= 15 is 0 Å². The Balaban J connectivity index is 1.12. The first-order valence-corrected chi connectivity index (χ1v) is 14.1. The Morgan fingerprint density at radius 2 is 1.77 bits per heavy atom. The van der Waals surface area contributed by atoms with E-state index in [2.05, 4.69) is 71.8 Å². The van der Waals surface area contributed by atoms with Gasteiger partial charge in [-0.25, -0.2) is 0 Å². The zero-order chi connectivity index (χ0) is 26.9. The lowest BCUT2D eigenvalue weighted by Gasteiger charge is -2.37. The zero-order valence-corrected chi connectivity index (χ0v) is 23.6. The largest absolute Gasteiger partial charge is 0.487 e. The number of aryl methyl sites for hydroxylation is 1. The number of fused-ring (bicyclic) bond motifs is 3. The van der Waals surface area contributed by atoms with Gasteiger partial charge in [0.25, 0.3) is 0 Å². The molecular weight excluding hydrogens is 547 g/mol. The first-order chi connectivity index (χ1) is 18.9. The Morgan fingerprint density at radius 3 is 2.56 bits per heavy atom. The number of hydrogen-bond donors (Lipinski definition) is 1. The summed E-state index contributed by atoms with van der Waals surface area (Å²) in [4.78, 5) is 4.67. The summed E-state index contributed by atoms with van der Waals surface area (Å²) < 4.78 is 5.88. The minimum absolute atomic E-state index is 0.271. The Labute approximate surface area is 244 Å². The topological polar surface area (TPSA) is 33.6 Å². The van der Waals surface area contributed by atoms with E-state index in [1.165, 1.54) is 22.4 Å². The van der Waals surface area contributed by atoms with Gasteiger partial charge in [-0.1, -0.05) is 82.9 Å². The van der Waals surface area contributed by atoms with Crippen molar-refractivity contribution in [1.29, 1.82) is 0 Å². The summed E-state index contributed by atoms with van der Waals surface area (Å²) in [5.74, 6) is 1.57. The molecule has 1 aliphatic carbocycles. The molecule has 1 aliphatic heterocycles. The van der Waals surface area contributed by atoms with Crippen LogP contribution in [0.1, 0.15) is 46.2 Å². The summed E-state index contributed by atoms with van der Waals surface area (Å²) in [6.45, 7) is 2.46. The molecule has 6 heteroatoms. The molecule has 0 unspecified atom stereocenters. The van der Waals surface area contributed by atoms with Gasteiger partial charge in [0, 0.05) is 33.4 Å². The van der Waals surface area contributed by atoms with Crippen molar-refractivity contribution in [3.8, 4) is 5.75 Å². The van der Waals surface area contributed by atoms with Crippen LogP contribution in [-0.4, -0.2) is 6.21 Å². The quantitative estimate of drug-likeness (QED) is 0.184. The van der Waals surface area contributed by atoms with Gasteiger partial charge in [0.1, 0.15) is 12.4 Å². The third kappa shape index (κ3) is 5.58. The number of ether oxygens (including phenoxy) is 1. The number of aliphatic imine (C=N–C) groups is 1. The smallest absolute Gasteiger partial charge is 0.138 e. The van der Waals surface area contributed by atoms with Crippen LogP contribution in [0, 0.1) is 12.8 Å². The number of nitrogens with zero attached hydrogens (tertiary/aromatic N) is 1. The average molecular weight is 574 g/mol. The number of hydrogen-bond acceptors (Lipinski definition) is 3. The lowest BCUT2D eigenvalue weighted by atomic mass is 9.76. The third-order valence-corrected chi connectivity index (χ3v) is 8.37. The maximum atomic E-state index is 6.49. The molecule has 1 heterocycles. The van der Waals surface area contributed by atoms with E-state index in [0.717, 1.165) is 23.2 Å². The summed E-state index contributed by atoms with van der Waals surface area (Å²) in [7, 11) is 0. The fourth-order valence-electron chi connectivity index (χ4n) is 5.47. The van der Waals surface area contributed by atoms with Gasteiger partial charge in [-0.05, 0) is 84.5 Å². The number of rotatable bonds is 6. The highest BCUT2D eigenvalue weighted by atomic mass is 35.5. The van der Waals surface area contributed by atoms with E-state index in [4.69, 9.17) is 39.5 Å². The molecular formula is C33H27Cl3N2O. The van der Waals surface area contributed by atoms with Gasteiger partial charge >= 0.3 is 0 Å². The molecule has 4 aromatic carbocycles. The predicted molar refractivity (Wildman–Crippen MR) is 163 cm³/mol. The van der Waals surface area contributed by atoms with Crippen molar-refractivity contribution in [2.45, 2.75) is 31.9 Å². The monoisotopic (exact) mass is 572 g/mol. The van der Waals surface area contributed by atoms with E-state index in [-0.39, 0.29) is 6.04 Å². The zero-order valence-electron chi connectivity index (χ0n) is 21.4. The molecule has 2 aliphatic rings. The van der Waals surface area contributed by atoms with Crippen molar-refractivity contribution in [3.05, 3.63) is 134 Å². The van der Waals surface area contributed by atoms with Crippen LogP contribution in [-0.2, 0) is 6.61 Å². The Morgan fingerprint density at radius 1 is 0.923 bits per heavy atom. The molecule has 0 aromatic heterocycles. The highest BCUT2D eigenvalue weighted by Gasteiger charge is 2.37. The van der Waals surface area contributed by atoms with Gasteiger partial charge in [-0.3, -0.25) is 4.99 Å². The second-order valence-electron chi connectivity index (χ2n) is 10.1. The van der Waals surface area contributed by atoms with Crippen molar-refractivity contribution in [2.75, 3.05) is 5.32 Å². The third-order valence-electron chi connectivity index (χ3n) is 7.49. The molecule has 1 N–H and O–H groups in total. The summed E-state index contributed by atoms with van der Waals surface area (Å²) in [5, 5.41) is 5.47. The normalized spacial score (nSPS) is 19.5. The van der Waals surface area contributed by atoms with E-state index in [1.807, 2.05) is 30.5 Å². The van der Waals surface area contributed by atoms with Gasteiger partial charge in [0.15, 0.2) is 0 Å². The van der Waals surface area contributed by atoms with Crippen LogP contribution in [0.3, 0.4) is 0 Å². The van der Waals surface area contributed by atoms with E-state index in [0.29, 0.717) is 39.3 Å². The average Bonchev–Trinajstić information content (AvgIpc) is 3.43. The van der Waals surface area contributed by atoms with Crippen molar-refractivity contribution in [3.63, 3.8) is 0 Å². The van der Waals surface area contributed by atoms with Crippen molar-refractivity contribution in [1.82, 2.24) is 0 Å². The molecule has 0 saturated heterocycles. The van der Waals surface area contributed by atoms with Crippen molar-refractivity contribution in [2.24, 2.45) is 10.9 Å². The molecule has 0 amide bonds. The first kappa shape index (κ1) is 26.0. The van der Waals surface area contributed by atoms with Crippen LogP contribution in [0.15, 0.2) is 96.0 Å². The fourth-order valence-corrected chi connectivity index (χ4v) is 6.18. The molecule has 0 bridgehead atoms. The fraction of sp³-hybridized carbons (Fsp3) is 0.182. The first-order valence-electron chi connectivity index (χ1n) is 13.0. The number of benzene rings is 4. The summed E-state index contributed by atoms with van der Waals surface area (Å²) in [6, 6.07) is 26.5. The van der Waals surface area contributed by atoms with E-state index < -0.39 is 0 Å². The van der Waals surface area contributed by atoms with Gasteiger partial charge in [0.2, 0.25) is 0 Å². The second-order valence-corrected chi connectivity index (χ2v) is 11.4. The summed E-state index contributed by atoms with van der Waals surface area (Å²) in [5.41, 5.74) is 7.86. The van der Waals surface area contributed by atoms with Gasteiger partial charge in [-0.2, -0.15) is 0 Å². The standard InChI is InChI=1S/C33H27Cl3N2O/c1-20-5-13-31-28(15-20)26-3-2-4-27(26)33(38-31)22-8-11-25(12-9-22)37-18-21-6-14-32(30(36)16-21)39-19-23-7-10-24(34)17-29(23)35/h2-3,5-18,26-27,33,38H,4,19H2,1H3/t26-,27+,33-/m1/s1. The molecule has 3 nitrogen and oxygen atoms in total. The molecule has 39 heavy (non-hydrogen) atoms. The summed E-state index contributed by atoms with van der Waals surface area (Å²) >= 11 is 18.7. The Hall–Kier alpha value is -3.24. The van der Waals surface area contributed by atoms with Crippen LogP contribution in [0.4, 0.5) is 11.4 Å².